The Kier molecular flexibility index (Phi) is 4.94. The van der Waals surface area contributed by atoms with Crippen molar-refractivity contribution in [2.45, 2.75) is 44.6 Å². The quantitative estimate of drug-likeness (QED) is 0.585. The molecule has 1 aromatic rings. The van der Waals surface area contributed by atoms with E-state index in [2.05, 4.69) is 5.32 Å². The molecule has 4 amide bonds. The van der Waals surface area contributed by atoms with Crippen LogP contribution in [0, 0.1) is 0 Å². The number of imide groups is 2. The van der Waals surface area contributed by atoms with Gasteiger partial charge in [-0.05, 0) is 43.9 Å². The second-order valence-electron chi connectivity index (χ2n) is 6.39. The number of hydrogen-bond acceptors (Lipinski definition) is 5. The van der Waals surface area contributed by atoms with E-state index in [1.54, 1.807) is 12.1 Å². The average molecular weight is 343 g/mol. The highest BCUT2D eigenvalue weighted by atomic mass is 16.2. The van der Waals surface area contributed by atoms with E-state index in [1.807, 2.05) is 6.07 Å². The summed E-state index contributed by atoms with van der Waals surface area (Å²) in [5.74, 6) is -1.86. The first-order chi connectivity index (χ1) is 12.0. The summed E-state index contributed by atoms with van der Waals surface area (Å²) in [5.41, 5.74) is 7.05. The summed E-state index contributed by atoms with van der Waals surface area (Å²) < 4.78 is 0. The van der Waals surface area contributed by atoms with Crippen LogP contribution in [0.2, 0.25) is 0 Å². The van der Waals surface area contributed by atoms with Crippen molar-refractivity contribution in [2.24, 2.45) is 5.73 Å². The third-order valence-electron chi connectivity index (χ3n) is 4.70. The number of nitrogens with one attached hydrogen (secondary N) is 1. The minimum Gasteiger partial charge on any atom is -0.330 e. The van der Waals surface area contributed by atoms with Gasteiger partial charge in [0.1, 0.15) is 6.04 Å². The van der Waals surface area contributed by atoms with Crippen LogP contribution >= 0.6 is 0 Å². The van der Waals surface area contributed by atoms with Crippen LogP contribution in [0.4, 0.5) is 0 Å². The molecule has 132 valence electrons. The maximum Gasteiger partial charge on any atom is 0.262 e. The number of amides is 4. The predicted octanol–water partition coefficient (Wildman–Crippen LogP) is 0.759. The summed E-state index contributed by atoms with van der Waals surface area (Å²) >= 11 is 0. The van der Waals surface area contributed by atoms with E-state index in [0.717, 1.165) is 29.7 Å². The van der Waals surface area contributed by atoms with Crippen LogP contribution in [-0.4, -0.2) is 41.1 Å². The van der Waals surface area contributed by atoms with Crippen LogP contribution in [-0.2, 0) is 16.0 Å². The molecule has 7 heteroatoms. The Labute approximate surface area is 145 Å². The maximum atomic E-state index is 12.9. The summed E-state index contributed by atoms with van der Waals surface area (Å²) in [6, 6.07) is 4.30. The molecule has 3 N–H and O–H groups in total. The Bertz CT molecular complexity index is 744. The van der Waals surface area contributed by atoms with Gasteiger partial charge in [-0.1, -0.05) is 18.6 Å². The number of hydrogen-bond donors (Lipinski definition) is 2. The minimum atomic E-state index is -0.921. The SMILES string of the molecule is NCCCCCc1cccc2c1C(=O)N(C1CCC(=O)NC1=O)C2=O. The first kappa shape index (κ1) is 17.3. The minimum absolute atomic E-state index is 0.121. The molecule has 0 radical (unpaired) electrons. The number of nitrogens with zero attached hydrogens (tertiary/aromatic N) is 1. The van der Waals surface area contributed by atoms with E-state index in [9.17, 15) is 19.2 Å². The molecule has 0 saturated carbocycles. The Morgan fingerprint density at radius 2 is 1.88 bits per heavy atom. The number of nitrogens with two attached hydrogens (primary N) is 1. The molecule has 0 aliphatic carbocycles. The summed E-state index contributed by atoms with van der Waals surface area (Å²) in [6.07, 6.45) is 3.74. The van der Waals surface area contributed by atoms with Gasteiger partial charge in [-0.25, -0.2) is 0 Å². The number of unbranched alkanes of at least 4 members (excludes halogenated alkanes) is 2. The second kappa shape index (κ2) is 7.14. The monoisotopic (exact) mass is 343 g/mol. The highest BCUT2D eigenvalue weighted by Crippen LogP contribution is 2.30. The van der Waals surface area contributed by atoms with Crippen molar-refractivity contribution < 1.29 is 19.2 Å². The number of carbonyl (C=O) groups excluding carboxylic acids is 4. The Hall–Kier alpha value is -2.54. The van der Waals surface area contributed by atoms with E-state index >= 15 is 0 Å². The van der Waals surface area contributed by atoms with Gasteiger partial charge in [0.05, 0.1) is 11.1 Å². The molecule has 0 bridgehead atoms. The molecule has 3 rings (SSSR count). The smallest absolute Gasteiger partial charge is 0.262 e. The molecule has 2 aliphatic heterocycles. The van der Waals surface area contributed by atoms with E-state index in [-0.39, 0.29) is 18.7 Å². The van der Waals surface area contributed by atoms with Crippen molar-refractivity contribution in [2.75, 3.05) is 6.54 Å². The fourth-order valence-electron chi connectivity index (χ4n) is 3.43. The number of benzene rings is 1. The summed E-state index contributed by atoms with van der Waals surface area (Å²) in [5, 5.41) is 2.20. The van der Waals surface area contributed by atoms with Crippen LogP contribution in [0.15, 0.2) is 18.2 Å². The van der Waals surface area contributed by atoms with E-state index in [4.69, 9.17) is 5.73 Å². The topological polar surface area (TPSA) is 110 Å². The molecule has 0 aromatic heterocycles. The molecular formula is C18H21N3O4. The van der Waals surface area contributed by atoms with Gasteiger partial charge in [0.15, 0.2) is 0 Å². The van der Waals surface area contributed by atoms with E-state index < -0.39 is 23.8 Å². The average Bonchev–Trinajstić information content (AvgIpc) is 2.84. The molecule has 1 atom stereocenters. The van der Waals surface area contributed by atoms with Crippen LogP contribution in [0.3, 0.4) is 0 Å². The van der Waals surface area contributed by atoms with Gasteiger partial charge in [0.25, 0.3) is 11.8 Å². The van der Waals surface area contributed by atoms with Crippen LogP contribution < -0.4 is 11.1 Å². The summed E-state index contributed by atoms with van der Waals surface area (Å²) in [6.45, 7) is 0.633. The molecule has 2 heterocycles. The maximum absolute atomic E-state index is 12.9. The first-order valence-corrected chi connectivity index (χ1v) is 8.58. The predicted molar refractivity (Wildman–Crippen MR) is 89.7 cm³/mol. The van der Waals surface area contributed by atoms with Gasteiger partial charge in [-0.2, -0.15) is 0 Å². The summed E-state index contributed by atoms with van der Waals surface area (Å²) in [4.78, 5) is 49.9. The normalized spacial score (nSPS) is 20.0. The fourth-order valence-corrected chi connectivity index (χ4v) is 3.43. The van der Waals surface area contributed by atoms with Gasteiger partial charge in [-0.3, -0.25) is 29.4 Å². The molecule has 1 fully saturated rings. The van der Waals surface area contributed by atoms with Crippen molar-refractivity contribution >= 4 is 23.6 Å². The van der Waals surface area contributed by atoms with Gasteiger partial charge in [0, 0.05) is 6.42 Å². The van der Waals surface area contributed by atoms with Crippen LogP contribution in [0.5, 0.6) is 0 Å². The van der Waals surface area contributed by atoms with Gasteiger partial charge < -0.3 is 5.73 Å². The molecule has 1 saturated heterocycles. The molecule has 1 aromatic carbocycles. The first-order valence-electron chi connectivity index (χ1n) is 8.58. The lowest BCUT2D eigenvalue weighted by molar-refractivity contribution is -0.136. The number of carbonyl (C=O) groups is 4. The Morgan fingerprint density at radius 3 is 2.60 bits per heavy atom. The van der Waals surface area contributed by atoms with Crippen molar-refractivity contribution in [1.82, 2.24) is 10.2 Å². The standard InChI is InChI=1S/C18H21N3O4/c19-10-3-1-2-5-11-6-4-7-12-15(11)18(25)21(17(12)24)13-8-9-14(22)20-16(13)23/h4,6-7,13H,1-3,5,8-10,19H2,(H,20,22,23). The lowest BCUT2D eigenvalue weighted by atomic mass is 9.98. The van der Waals surface area contributed by atoms with E-state index in [1.165, 1.54) is 0 Å². The number of aryl methyl sites for hydroxylation is 1. The second-order valence-corrected chi connectivity index (χ2v) is 6.39. The van der Waals surface area contributed by atoms with Gasteiger partial charge >= 0.3 is 0 Å². The number of piperidine rings is 1. The van der Waals surface area contributed by atoms with Crippen LogP contribution in [0.1, 0.15) is 58.4 Å². The summed E-state index contributed by atoms with van der Waals surface area (Å²) in [7, 11) is 0. The Morgan fingerprint density at radius 1 is 1.08 bits per heavy atom. The van der Waals surface area contributed by atoms with Crippen molar-refractivity contribution in [3.05, 3.63) is 34.9 Å². The van der Waals surface area contributed by atoms with E-state index in [0.29, 0.717) is 24.1 Å². The zero-order valence-electron chi connectivity index (χ0n) is 13.9. The highest BCUT2D eigenvalue weighted by molar-refractivity contribution is 6.24. The zero-order valence-corrected chi connectivity index (χ0v) is 13.9. The molecule has 2 aliphatic rings. The molecule has 7 nitrogen and oxygen atoms in total. The zero-order chi connectivity index (χ0) is 18.0. The highest BCUT2D eigenvalue weighted by Gasteiger charge is 2.45. The largest absolute Gasteiger partial charge is 0.330 e. The van der Waals surface area contributed by atoms with Crippen molar-refractivity contribution in [3.8, 4) is 0 Å². The van der Waals surface area contributed by atoms with Crippen molar-refractivity contribution in [3.63, 3.8) is 0 Å². The lowest BCUT2D eigenvalue weighted by Gasteiger charge is -2.27. The van der Waals surface area contributed by atoms with Gasteiger partial charge in [-0.15, -0.1) is 0 Å². The number of fused-ring (bicyclic) bond motifs is 1. The van der Waals surface area contributed by atoms with Crippen molar-refractivity contribution in [1.29, 1.82) is 0 Å². The van der Waals surface area contributed by atoms with Crippen LogP contribution in [0.25, 0.3) is 0 Å². The molecule has 1 unspecified atom stereocenters. The third-order valence-corrected chi connectivity index (χ3v) is 4.70. The molecule has 25 heavy (non-hydrogen) atoms. The molecular weight excluding hydrogens is 322 g/mol. The lowest BCUT2D eigenvalue weighted by Crippen LogP contribution is -2.54. The van der Waals surface area contributed by atoms with Gasteiger partial charge in [0.2, 0.25) is 11.8 Å². The Balaban J connectivity index is 1.84. The molecule has 0 spiro atoms. The fraction of sp³-hybridized carbons (Fsp3) is 0.444. The number of rotatable bonds is 6. The third kappa shape index (κ3) is 3.19.